The van der Waals surface area contributed by atoms with Crippen LogP contribution in [-0.2, 0) is 10.8 Å². The second-order valence-corrected chi connectivity index (χ2v) is 7.74. The number of rotatable bonds is 4. The summed E-state index contributed by atoms with van der Waals surface area (Å²) in [5.41, 5.74) is 5.31. The van der Waals surface area contributed by atoms with Gasteiger partial charge in [-0.1, -0.05) is 66.2 Å². The van der Waals surface area contributed by atoms with E-state index in [2.05, 4.69) is 59.7 Å². The number of benzene rings is 1. The van der Waals surface area contributed by atoms with Crippen molar-refractivity contribution in [2.24, 2.45) is 0 Å². The molecule has 0 bridgehead atoms. The lowest BCUT2D eigenvalue weighted by Crippen LogP contribution is -2.34. The fraction of sp³-hybridized carbons (Fsp3) is 0.650. The summed E-state index contributed by atoms with van der Waals surface area (Å²) in [5, 5.41) is 0. The molecule has 0 nitrogen and oxygen atoms in total. The highest BCUT2D eigenvalue weighted by molar-refractivity contribution is 5.46. The Hall–Kier alpha value is -0.780. The summed E-state index contributed by atoms with van der Waals surface area (Å²) < 4.78 is 0. The van der Waals surface area contributed by atoms with Crippen molar-refractivity contribution in [2.75, 3.05) is 0 Å². The average molecular weight is 271 g/mol. The zero-order valence-corrected chi connectivity index (χ0v) is 14.3. The van der Waals surface area contributed by atoms with Crippen LogP contribution in [0.4, 0.5) is 0 Å². The molecule has 0 aromatic heterocycles. The Bertz CT molecular complexity index is 465. The van der Waals surface area contributed by atoms with Gasteiger partial charge in [-0.2, -0.15) is 0 Å². The molecular weight excluding hydrogens is 240 g/mol. The van der Waals surface area contributed by atoms with Gasteiger partial charge in [0, 0.05) is 5.92 Å². The maximum atomic E-state index is 2.50. The highest BCUT2D eigenvalue weighted by Gasteiger charge is 2.37. The molecular formula is C20H31. The van der Waals surface area contributed by atoms with Crippen LogP contribution in [-0.4, -0.2) is 0 Å². The normalized spacial score (nSPS) is 19.9. The summed E-state index contributed by atoms with van der Waals surface area (Å²) in [5.74, 6) is 1.62. The Labute approximate surface area is 126 Å². The van der Waals surface area contributed by atoms with Crippen molar-refractivity contribution in [1.82, 2.24) is 0 Å². The Morgan fingerprint density at radius 3 is 2.10 bits per heavy atom. The highest BCUT2D eigenvalue weighted by atomic mass is 14.4. The van der Waals surface area contributed by atoms with Crippen molar-refractivity contribution >= 4 is 0 Å². The molecule has 0 saturated carbocycles. The topological polar surface area (TPSA) is 0 Å². The molecule has 0 aliphatic heterocycles. The largest absolute Gasteiger partial charge is 0.0654 e. The summed E-state index contributed by atoms with van der Waals surface area (Å²) in [4.78, 5) is 0. The van der Waals surface area contributed by atoms with Crippen molar-refractivity contribution in [1.29, 1.82) is 0 Å². The second kappa shape index (κ2) is 5.54. The third-order valence-electron chi connectivity index (χ3n) is 5.24. The van der Waals surface area contributed by atoms with Crippen LogP contribution in [0.3, 0.4) is 0 Å². The molecule has 1 aromatic carbocycles. The molecule has 0 spiro atoms. The van der Waals surface area contributed by atoms with E-state index in [1.165, 1.54) is 37.7 Å². The van der Waals surface area contributed by atoms with Gasteiger partial charge in [-0.15, -0.1) is 0 Å². The molecule has 20 heavy (non-hydrogen) atoms. The van der Waals surface area contributed by atoms with Crippen LogP contribution in [0, 0.1) is 5.92 Å². The van der Waals surface area contributed by atoms with E-state index in [0.717, 1.165) is 0 Å². The van der Waals surface area contributed by atoms with Crippen molar-refractivity contribution < 1.29 is 0 Å². The lowest BCUT2D eigenvalue weighted by molar-refractivity contribution is 0.331. The van der Waals surface area contributed by atoms with Crippen molar-refractivity contribution in [3.8, 4) is 0 Å². The van der Waals surface area contributed by atoms with Gasteiger partial charge in [-0.3, -0.25) is 0 Å². The summed E-state index contributed by atoms with van der Waals surface area (Å²) in [6.45, 7) is 14.2. The van der Waals surface area contributed by atoms with Gasteiger partial charge in [0.25, 0.3) is 0 Å². The molecule has 0 heterocycles. The molecule has 111 valence electrons. The molecule has 1 radical (unpaired) electrons. The molecule has 0 saturated heterocycles. The van der Waals surface area contributed by atoms with Gasteiger partial charge in [0.05, 0.1) is 0 Å². The number of fused-ring (bicyclic) bond motifs is 1. The summed E-state index contributed by atoms with van der Waals surface area (Å²) in [6.07, 6.45) is 6.25. The monoisotopic (exact) mass is 271 g/mol. The SMILES string of the molecule is CCC[C](CC)c1ccc2c(c1)C(C)(C)CCC2(C)C. The minimum absolute atomic E-state index is 0.325. The van der Waals surface area contributed by atoms with E-state index < -0.39 is 0 Å². The second-order valence-electron chi connectivity index (χ2n) is 7.74. The standard InChI is InChI=1S/C20H31/c1-7-9-15(8-2)16-10-11-17-18(14-16)20(5,6)13-12-19(17,3)4/h10-11,14H,7-9,12-13H2,1-6H3. The van der Waals surface area contributed by atoms with E-state index in [4.69, 9.17) is 0 Å². The van der Waals surface area contributed by atoms with Crippen LogP contribution in [0.15, 0.2) is 18.2 Å². The Morgan fingerprint density at radius 1 is 0.950 bits per heavy atom. The first kappa shape index (κ1) is 15.6. The zero-order chi connectivity index (χ0) is 15.0. The summed E-state index contributed by atoms with van der Waals surface area (Å²) in [6, 6.07) is 7.29. The number of hydrogen-bond acceptors (Lipinski definition) is 0. The predicted octanol–water partition coefficient (Wildman–Crippen LogP) is 6.17. The smallest absolute Gasteiger partial charge is 0.00471 e. The fourth-order valence-corrected chi connectivity index (χ4v) is 3.64. The van der Waals surface area contributed by atoms with Crippen molar-refractivity contribution in [3.05, 3.63) is 40.8 Å². The van der Waals surface area contributed by atoms with Crippen LogP contribution in [0.1, 0.15) is 90.3 Å². The highest BCUT2D eigenvalue weighted by Crippen LogP contribution is 2.46. The van der Waals surface area contributed by atoms with E-state index in [0.29, 0.717) is 10.8 Å². The molecule has 0 unspecified atom stereocenters. The molecule has 0 fully saturated rings. The van der Waals surface area contributed by atoms with E-state index in [1.54, 1.807) is 17.0 Å². The van der Waals surface area contributed by atoms with Crippen LogP contribution in [0.5, 0.6) is 0 Å². The van der Waals surface area contributed by atoms with E-state index in [1.807, 2.05) is 0 Å². The van der Waals surface area contributed by atoms with E-state index >= 15 is 0 Å². The Kier molecular flexibility index (Phi) is 4.33. The van der Waals surface area contributed by atoms with Gasteiger partial charge in [-0.25, -0.2) is 0 Å². The fourth-order valence-electron chi connectivity index (χ4n) is 3.64. The molecule has 2 rings (SSSR count). The quantitative estimate of drug-likeness (QED) is 0.614. The van der Waals surface area contributed by atoms with Crippen LogP contribution >= 0.6 is 0 Å². The molecule has 1 aliphatic carbocycles. The summed E-state index contributed by atoms with van der Waals surface area (Å²) >= 11 is 0. The van der Waals surface area contributed by atoms with Gasteiger partial charge < -0.3 is 0 Å². The minimum atomic E-state index is 0.325. The van der Waals surface area contributed by atoms with Crippen LogP contribution < -0.4 is 0 Å². The zero-order valence-electron chi connectivity index (χ0n) is 14.3. The molecule has 1 aliphatic rings. The maximum Gasteiger partial charge on any atom is 0.00471 e. The van der Waals surface area contributed by atoms with Gasteiger partial charge in [0.1, 0.15) is 0 Å². The third kappa shape index (κ3) is 2.80. The lowest BCUT2D eigenvalue weighted by atomic mass is 9.62. The maximum absolute atomic E-state index is 2.50. The van der Waals surface area contributed by atoms with Crippen molar-refractivity contribution in [3.63, 3.8) is 0 Å². The van der Waals surface area contributed by atoms with Crippen LogP contribution in [0.2, 0.25) is 0 Å². The van der Waals surface area contributed by atoms with Gasteiger partial charge in [0.2, 0.25) is 0 Å². The third-order valence-corrected chi connectivity index (χ3v) is 5.24. The first-order valence-corrected chi connectivity index (χ1v) is 8.32. The average Bonchev–Trinajstić information content (AvgIpc) is 2.41. The van der Waals surface area contributed by atoms with Gasteiger partial charge >= 0.3 is 0 Å². The number of hydrogen-bond donors (Lipinski definition) is 0. The molecule has 0 atom stereocenters. The Balaban J connectivity index is 2.48. The van der Waals surface area contributed by atoms with E-state index in [9.17, 15) is 0 Å². The lowest BCUT2D eigenvalue weighted by Gasteiger charge is -2.42. The minimum Gasteiger partial charge on any atom is -0.0654 e. The van der Waals surface area contributed by atoms with Gasteiger partial charge in [-0.05, 0) is 53.2 Å². The molecule has 0 amide bonds. The first-order chi connectivity index (χ1) is 9.31. The van der Waals surface area contributed by atoms with Gasteiger partial charge in [0.15, 0.2) is 0 Å². The van der Waals surface area contributed by atoms with E-state index in [-0.39, 0.29) is 0 Å². The van der Waals surface area contributed by atoms with Crippen molar-refractivity contribution in [2.45, 2.75) is 84.5 Å². The Morgan fingerprint density at radius 2 is 1.55 bits per heavy atom. The predicted molar refractivity (Wildman–Crippen MR) is 89.3 cm³/mol. The van der Waals surface area contributed by atoms with Crippen LogP contribution in [0.25, 0.3) is 0 Å². The molecule has 0 N–H and O–H groups in total. The first-order valence-electron chi connectivity index (χ1n) is 8.32. The molecule has 0 heteroatoms. The summed E-state index contributed by atoms with van der Waals surface area (Å²) in [7, 11) is 0. The molecule has 1 aromatic rings.